The van der Waals surface area contributed by atoms with E-state index in [1.165, 1.54) is 0 Å². The Labute approximate surface area is 88.5 Å². The maximum Gasteiger partial charge on any atom is 0.137 e. The van der Waals surface area contributed by atoms with Gasteiger partial charge >= 0.3 is 0 Å². The van der Waals surface area contributed by atoms with Crippen LogP contribution in [0.4, 0.5) is 0 Å². The van der Waals surface area contributed by atoms with Crippen molar-refractivity contribution in [2.75, 3.05) is 5.88 Å². The van der Waals surface area contributed by atoms with Gasteiger partial charge in [-0.1, -0.05) is 12.1 Å². The minimum atomic E-state index is 0.191. The maximum atomic E-state index is 11.3. The first-order valence-corrected chi connectivity index (χ1v) is 5.11. The van der Waals surface area contributed by atoms with E-state index in [2.05, 4.69) is 0 Å². The average molecular weight is 213 g/mol. The molecule has 0 saturated heterocycles. The quantitative estimate of drug-likeness (QED) is 0.762. The lowest BCUT2D eigenvalue weighted by molar-refractivity contribution is -0.118. The van der Waals surface area contributed by atoms with Gasteiger partial charge in [0.25, 0.3) is 0 Å². The van der Waals surface area contributed by atoms with Gasteiger partial charge in [0.05, 0.1) is 0 Å². The van der Waals surface area contributed by atoms with Gasteiger partial charge in [0.1, 0.15) is 11.5 Å². The molecule has 0 unspecified atom stereocenters. The van der Waals surface area contributed by atoms with E-state index in [-0.39, 0.29) is 11.5 Å². The molecule has 0 bridgehead atoms. The van der Waals surface area contributed by atoms with Gasteiger partial charge < -0.3 is 5.11 Å². The summed E-state index contributed by atoms with van der Waals surface area (Å²) in [6, 6.07) is 6.69. The molecule has 1 aromatic carbocycles. The molecule has 3 heteroatoms. The number of phenolic OH excluding ortho intramolecular Hbond substituents is 1. The summed E-state index contributed by atoms with van der Waals surface area (Å²) in [6.07, 6.45) is 1.69. The number of hydrogen-bond acceptors (Lipinski definition) is 2. The fraction of sp³-hybridized carbons (Fsp3) is 0.364. The van der Waals surface area contributed by atoms with Crippen molar-refractivity contribution in [2.45, 2.75) is 19.3 Å². The first kappa shape index (κ1) is 11.1. The van der Waals surface area contributed by atoms with Crippen LogP contribution in [0.2, 0.25) is 0 Å². The van der Waals surface area contributed by atoms with Crippen molar-refractivity contribution in [3.63, 3.8) is 0 Å². The predicted octanol–water partition coefficient (Wildman–Crippen LogP) is 2.52. The topological polar surface area (TPSA) is 37.3 Å². The number of Topliss-reactive ketones (excluding diaryl/α,β-unsaturated/α-hetero) is 1. The lowest BCUT2D eigenvalue weighted by Gasteiger charge is -2.00. The van der Waals surface area contributed by atoms with Crippen molar-refractivity contribution in [3.05, 3.63) is 29.8 Å². The summed E-state index contributed by atoms with van der Waals surface area (Å²) >= 11 is 5.48. The van der Waals surface area contributed by atoms with Crippen LogP contribution in [0.5, 0.6) is 5.75 Å². The summed E-state index contributed by atoms with van der Waals surface area (Å²) in [5, 5.41) is 9.03. The average Bonchev–Trinajstić information content (AvgIpc) is 2.18. The fourth-order valence-electron chi connectivity index (χ4n) is 1.19. The van der Waals surface area contributed by atoms with Gasteiger partial charge in [0.2, 0.25) is 0 Å². The summed E-state index contributed by atoms with van der Waals surface area (Å²) < 4.78 is 0. The van der Waals surface area contributed by atoms with Gasteiger partial charge in [-0.2, -0.15) is 0 Å². The van der Waals surface area contributed by atoms with Gasteiger partial charge in [-0.05, 0) is 24.1 Å². The smallest absolute Gasteiger partial charge is 0.137 e. The molecule has 0 radical (unpaired) electrons. The summed E-state index contributed by atoms with van der Waals surface area (Å²) in [5.41, 5.74) is 0.933. The molecule has 0 aliphatic carbocycles. The van der Waals surface area contributed by atoms with Crippen LogP contribution < -0.4 is 0 Å². The van der Waals surface area contributed by atoms with E-state index in [0.29, 0.717) is 18.7 Å². The second kappa shape index (κ2) is 5.66. The van der Waals surface area contributed by atoms with Crippen LogP contribution in [0.1, 0.15) is 18.4 Å². The van der Waals surface area contributed by atoms with Gasteiger partial charge in [0, 0.05) is 18.7 Å². The second-order valence-electron chi connectivity index (χ2n) is 3.17. The highest BCUT2D eigenvalue weighted by molar-refractivity contribution is 6.17. The van der Waals surface area contributed by atoms with E-state index >= 15 is 0 Å². The number of hydrogen-bond donors (Lipinski definition) is 1. The molecule has 0 atom stereocenters. The largest absolute Gasteiger partial charge is 0.508 e. The summed E-state index contributed by atoms with van der Waals surface area (Å²) in [5.74, 6) is 0.944. The number of phenols is 1. The van der Waals surface area contributed by atoms with Crippen LogP contribution in [-0.2, 0) is 11.2 Å². The highest BCUT2D eigenvalue weighted by Crippen LogP contribution is 2.11. The number of ketones is 1. The van der Waals surface area contributed by atoms with Gasteiger partial charge in [-0.25, -0.2) is 0 Å². The normalized spacial score (nSPS) is 10.1. The van der Waals surface area contributed by atoms with Gasteiger partial charge in [-0.15, -0.1) is 11.6 Å². The first-order valence-electron chi connectivity index (χ1n) is 4.58. The number of benzene rings is 1. The van der Waals surface area contributed by atoms with E-state index in [9.17, 15) is 4.79 Å². The Morgan fingerprint density at radius 2 is 1.93 bits per heavy atom. The summed E-state index contributed by atoms with van der Waals surface area (Å²) in [6.45, 7) is 0. The zero-order valence-corrected chi connectivity index (χ0v) is 8.63. The Hall–Kier alpha value is -1.02. The van der Waals surface area contributed by atoms with Crippen molar-refractivity contribution in [3.8, 4) is 5.75 Å². The minimum Gasteiger partial charge on any atom is -0.508 e. The van der Waals surface area contributed by atoms with E-state index in [1.807, 2.05) is 0 Å². The molecule has 0 aliphatic heterocycles. The second-order valence-corrected chi connectivity index (χ2v) is 3.55. The van der Waals surface area contributed by atoms with E-state index in [1.54, 1.807) is 24.3 Å². The number of halogens is 1. The molecule has 0 amide bonds. The maximum absolute atomic E-state index is 11.3. The Morgan fingerprint density at radius 1 is 1.29 bits per heavy atom. The van der Waals surface area contributed by atoms with Crippen molar-refractivity contribution < 1.29 is 9.90 Å². The molecule has 1 rings (SSSR count). The number of carbonyl (C=O) groups is 1. The Morgan fingerprint density at radius 3 is 2.50 bits per heavy atom. The third kappa shape index (κ3) is 3.79. The molecule has 2 nitrogen and oxygen atoms in total. The van der Waals surface area contributed by atoms with Crippen molar-refractivity contribution >= 4 is 17.4 Å². The third-order valence-electron chi connectivity index (χ3n) is 1.93. The lowest BCUT2D eigenvalue weighted by atomic mass is 10.1. The fourth-order valence-corrected chi connectivity index (χ4v) is 1.33. The van der Waals surface area contributed by atoms with E-state index < -0.39 is 0 Å². The standard InChI is InChI=1S/C11H13ClO2/c12-7-1-2-11(14)8-9-3-5-10(13)6-4-9/h3-6,13H,1-2,7-8H2. The summed E-state index contributed by atoms with van der Waals surface area (Å²) in [7, 11) is 0. The molecular formula is C11H13ClO2. The molecule has 0 spiro atoms. The zero-order valence-electron chi connectivity index (χ0n) is 7.87. The Balaban J connectivity index is 2.44. The lowest BCUT2D eigenvalue weighted by Crippen LogP contribution is -2.02. The highest BCUT2D eigenvalue weighted by Gasteiger charge is 2.02. The van der Waals surface area contributed by atoms with Crippen LogP contribution in [0, 0.1) is 0 Å². The summed E-state index contributed by atoms with van der Waals surface area (Å²) in [4.78, 5) is 11.3. The molecule has 0 aromatic heterocycles. The molecule has 76 valence electrons. The number of rotatable bonds is 5. The SMILES string of the molecule is O=C(CCCCl)Cc1ccc(O)cc1. The van der Waals surface area contributed by atoms with Crippen molar-refractivity contribution in [1.82, 2.24) is 0 Å². The molecule has 0 fully saturated rings. The van der Waals surface area contributed by atoms with Crippen molar-refractivity contribution in [2.24, 2.45) is 0 Å². The van der Waals surface area contributed by atoms with E-state index in [4.69, 9.17) is 16.7 Å². The van der Waals surface area contributed by atoms with Crippen LogP contribution in [0.25, 0.3) is 0 Å². The molecule has 1 aromatic rings. The van der Waals surface area contributed by atoms with Crippen LogP contribution in [-0.4, -0.2) is 16.8 Å². The molecule has 14 heavy (non-hydrogen) atoms. The minimum absolute atomic E-state index is 0.191. The molecule has 1 N–H and O–H groups in total. The molecular weight excluding hydrogens is 200 g/mol. The number of carbonyl (C=O) groups excluding carboxylic acids is 1. The van der Waals surface area contributed by atoms with Gasteiger partial charge in [0.15, 0.2) is 0 Å². The highest BCUT2D eigenvalue weighted by atomic mass is 35.5. The molecule has 0 heterocycles. The van der Waals surface area contributed by atoms with Crippen LogP contribution in [0.3, 0.4) is 0 Å². The molecule has 0 aliphatic rings. The number of aromatic hydroxyl groups is 1. The first-order chi connectivity index (χ1) is 6.72. The number of alkyl halides is 1. The Bertz CT molecular complexity index is 293. The Kier molecular flexibility index (Phi) is 4.47. The van der Waals surface area contributed by atoms with Gasteiger partial charge in [-0.3, -0.25) is 4.79 Å². The zero-order chi connectivity index (χ0) is 10.4. The third-order valence-corrected chi connectivity index (χ3v) is 2.19. The van der Waals surface area contributed by atoms with Crippen molar-refractivity contribution in [1.29, 1.82) is 0 Å². The monoisotopic (exact) mass is 212 g/mol. The molecule has 0 saturated carbocycles. The van der Waals surface area contributed by atoms with Crippen LogP contribution in [0.15, 0.2) is 24.3 Å². The predicted molar refractivity (Wildman–Crippen MR) is 56.8 cm³/mol. The van der Waals surface area contributed by atoms with E-state index in [0.717, 1.165) is 12.0 Å². The van der Waals surface area contributed by atoms with Crippen LogP contribution >= 0.6 is 11.6 Å².